The van der Waals surface area contributed by atoms with Crippen LogP contribution in [0.2, 0.25) is 0 Å². The van der Waals surface area contributed by atoms with Gasteiger partial charge < -0.3 is 5.73 Å². The molecule has 0 spiro atoms. The minimum absolute atomic E-state index is 0.0602. The Labute approximate surface area is 150 Å². The second-order valence-corrected chi connectivity index (χ2v) is 6.05. The average Bonchev–Trinajstić information content (AvgIpc) is 3.28. The first-order chi connectivity index (χ1) is 12.6. The number of rotatable bonds is 4. The molecule has 2 aliphatic heterocycles. The quantitative estimate of drug-likeness (QED) is 0.828. The van der Waals surface area contributed by atoms with E-state index in [1.54, 1.807) is 12.3 Å². The lowest BCUT2D eigenvalue weighted by atomic mass is 9.98. The van der Waals surface area contributed by atoms with Gasteiger partial charge in [-0.15, -0.1) is 0 Å². The molecule has 4 rings (SSSR count). The number of H-pyrrole nitrogens is 1. The molecule has 1 aromatic heterocycles. The SMILES string of the molecule is CN1C(c2cn[nH]c2)C=C2C(c3ccccc3C=CC(N)=O)=NC=CN21. The number of aromatic nitrogens is 2. The van der Waals surface area contributed by atoms with E-state index in [1.807, 2.05) is 49.9 Å². The van der Waals surface area contributed by atoms with Gasteiger partial charge in [0, 0.05) is 42.8 Å². The number of hydrogen-bond acceptors (Lipinski definition) is 5. The van der Waals surface area contributed by atoms with E-state index in [1.165, 1.54) is 6.08 Å². The third kappa shape index (κ3) is 2.74. The van der Waals surface area contributed by atoms with Gasteiger partial charge in [-0.3, -0.25) is 19.9 Å². The molecule has 0 saturated heterocycles. The van der Waals surface area contributed by atoms with Crippen molar-refractivity contribution in [3.63, 3.8) is 0 Å². The van der Waals surface area contributed by atoms with Crippen LogP contribution in [0.3, 0.4) is 0 Å². The van der Waals surface area contributed by atoms with E-state index in [2.05, 4.69) is 31.3 Å². The molecule has 2 aromatic rings. The van der Waals surface area contributed by atoms with Crippen LogP contribution in [0.4, 0.5) is 0 Å². The van der Waals surface area contributed by atoms with Gasteiger partial charge in [-0.2, -0.15) is 5.10 Å². The van der Waals surface area contributed by atoms with Gasteiger partial charge in [-0.05, 0) is 17.7 Å². The Morgan fingerprint density at radius 1 is 1.35 bits per heavy atom. The van der Waals surface area contributed by atoms with Crippen LogP contribution in [0.15, 0.2) is 71.9 Å². The summed E-state index contributed by atoms with van der Waals surface area (Å²) in [5, 5.41) is 11.1. The van der Waals surface area contributed by atoms with Crippen molar-refractivity contribution in [2.45, 2.75) is 6.04 Å². The van der Waals surface area contributed by atoms with Crippen molar-refractivity contribution >= 4 is 17.7 Å². The summed E-state index contributed by atoms with van der Waals surface area (Å²) in [7, 11) is 2.02. The molecule has 0 aliphatic carbocycles. The van der Waals surface area contributed by atoms with Gasteiger partial charge in [-0.25, -0.2) is 5.01 Å². The van der Waals surface area contributed by atoms with E-state index in [0.29, 0.717) is 0 Å². The molecular weight excluding hydrogens is 328 g/mol. The highest BCUT2D eigenvalue weighted by Gasteiger charge is 2.34. The number of nitrogens with two attached hydrogens (primary N) is 1. The number of amides is 1. The number of hydrogen-bond donors (Lipinski definition) is 2. The van der Waals surface area contributed by atoms with Gasteiger partial charge in [0.2, 0.25) is 5.91 Å². The number of benzene rings is 1. The summed E-state index contributed by atoms with van der Waals surface area (Å²) >= 11 is 0. The third-order valence-electron chi connectivity index (χ3n) is 4.46. The first kappa shape index (κ1) is 16.0. The summed E-state index contributed by atoms with van der Waals surface area (Å²) < 4.78 is 0. The topological polar surface area (TPSA) is 90.6 Å². The Kier molecular flexibility index (Phi) is 3.98. The number of likely N-dealkylation sites (N-methyl/N-ethyl adjacent to an activating group) is 1. The zero-order valence-electron chi connectivity index (χ0n) is 14.2. The Balaban J connectivity index is 1.77. The van der Waals surface area contributed by atoms with Crippen LogP contribution in [0.25, 0.3) is 6.08 Å². The van der Waals surface area contributed by atoms with E-state index in [0.717, 1.165) is 28.1 Å². The number of hydrazine groups is 1. The molecule has 3 heterocycles. The maximum atomic E-state index is 11.1. The van der Waals surface area contributed by atoms with Crippen LogP contribution in [0, 0.1) is 0 Å². The first-order valence-corrected chi connectivity index (χ1v) is 8.19. The van der Waals surface area contributed by atoms with Gasteiger partial charge in [0.05, 0.1) is 23.6 Å². The molecule has 130 valence electrons. The van der Waals surface area contributed by atoms with E-state index >= 15 is 0 Å². The van der Waals surface area contributed by atoms with Gasteiger partial charge in [0.15, 0.2) is 0 Å². The number of nitrogens with zero attached hydrogens (tertiary/aromatic N) is 4. The first-order valence-electron chi connectivity index (χ1n) is 8.19. The Bertz CT molecular complexity index is 954. The highest BCUT2D eigenvalue weighted by atomic mass is 16.1. The molecule has 0 bridgehead atoms. The largest absolute Gasteiger partial charge is 0.366 e. The summed E-state index contributed by atoms with van der Waals surface area (Å²) in [5.74, 6) is -0.480. The fourth-order valence-electron chi connectivity index (χ4n) is 3.22. The number of aliphatic imine (C=N–C) groups is 1. The molecule has 0 radical (unpaired) electrons. The molecule has 26 heavy (non-hydrogen) atoms. The highest BCUT2D eigenvalue weighted by molar-refractivity contribution is 6.15. The summed E-state index contributed by atoms with van der Waals surface area (Å²) in [6.45, 7) is 0. The molecule has 1 aromatic carbocycles. The Morgan fingerprint density at radius 3 is 2.96 bits per heavy atom. The van der Waals surface area contributed by atoms with Gasteiger partial charge in [-0.1, -0.05) is 24.3 Å². The molecule has 1 amide bonds. The zero-order valence-corrected chi connectivity index (χ0v) is 14.2. The highest BCUT2D eigenvalue weighted by Crippen LogP contribution is 2.36. The zero-order chi connectivity index (χ0) is 18.1. The van der Waals surface area contributed by atoms with E-state index in [-0.39, 0.29) is 6.04 Å². The van der Waals surface area contributed by atoms with Crippen molar-refractivity contribution in [1.82, 2.24) is 20.2 Å². The average molecular weight is 346 g/mol. The molecule has 2 aliphatic rings. The minimum atomic E-state index is -0.480. The molecule has 7 nitrogen and oxygen atoms in total. The fraction of sp³-hybridized carbons (Fsp3) is 0.105. The monoisotopic (exact) mass is 346 g/mol. The Morgan fingerprint density at radius 2 is 2.19 bits per heavy atom. The van der Waals surface area contributed by atoms with Crippen LogP contribution in [-0.4, -0.2) is 38.9 Å². The number of carbonyl (C=O) groups excluding carboxylic acids is 1. The summed E-state index contributed by atoms with van der Waals surface area (Å²) in [6.07, 6.45) is 12.6. The van der Waals surface area contributed by atoms with Crippen molar-refractivity contribution in [2.24, 2.45) is 10.7 Å². The maximum Gasteiger partial charge on any atom is 0.241 e. The molecule has 0 saturated carbocycles. The lowest BCUT2D eigenvalue weighted by Gasteiger charge is -2.31. The van der Waals surface area contributed by atoms with Crippen molar-refractivity contribution in [1.29, 1.82) is 0 Å². The van der Waals surface area contributed by atoms with Crippen LogP contribution in [-0.2, 0) is 4.79 Å². The van der Waals surface area contributed by atoms with Crippen LogP contribution < -0.4 is 5.73 Å². The van der Waals surface area contributed by atoms with Gasteiger partial charge in [0.1, 0.15) is 0 Å². The lowest BCUT2D eigenvalue weighted by Crippen LogP contribution is -2.34. The number of aromatic amines is 1. The maximum absolute atomic E-state index is 11.1. The van der Waals surface area contributed by atoms with Crippen molar-refractivity contribution < 1.29 is 4.79 Å². The van der Waals surface area contributed by atoms with E-state index in [9.17, 15) is 4.79 Å². The molecular formula is C19H18N6O. The molecule has 7 heteroatoms. The minimum Gasteiger partial charge on any atom is -0.366 e. The van der Waals surface area contributed by atoms with E-state index < -0.39 is 5.91 Å². The fourth-order valence-corrected chi connectivity index (χ4v) is 3.22. The molecule has 3 N–H and O–H groups in total. The smallest absolute Gasteiger partial charge is 0.241 e. The van der Waals surface area contributed by atoms with Crippen LogP contribution in [0.1, 0.15) is 22.7 Å². The van der Waals surface area contributed by atoms with Crippen molar-refractivity contribution in [3.8, 4) is 0 Å². The van der Waals surface area contributed by atoms with Crippen LogP contribution in [0.5, 0.6) is 0 Å². The lowest BCUT2D eigenvalue weighted by molar-refractivity contribution is -0.113. The summed E-state index contributed by atoms with van der Waals surface area (Å²) in [5.41, 5.74) is 9.97. The second-order valence-electron chi connectivity index (χ2n) is 6.05. The predicted molar refractivity (Wildman–Crippen MR) is 99.4 cm³/mol. The van der Waals surface area contributed by atoms with Gasteiger partial charge in [0.25, 0.3) is 0 Å². The Hall–Kier alpha value is -3.45. The second kappa shape index (κ2) is 6.45. The van der Waals surface area contributed by atoms with Gasteiger partial charge >= 0.3 is 0 Å². The van der Waals surface area contributed by atoms with Crippen molar-refractivity contribution in [3.05, 3.63) is 83.6 Å². The standard InChI is InChI=1S/C19H18N6O/c1-24-16(14-11-22-23-12-14)10-17-19(21-8-9-25(17)24)15-5-3-2-4-13(15)6-7-18(20)26/h2-12,16H,1H3,(H2,20,26)(H,22,23). The molecule has 0 fully saturated rings. The number of fused-ring (bicyclic) bond motifs is 1. The summed E-state index contributed by atoms with van der Waals surface area (Å²) in [6, 6.07) is 7.86. The van der Waals surface area contributed by atoms with Crippen molar-refractivity contribution in [2.75, 3.05) is 7.05 Å². The number of allylic oxidation sites excluding steroid dienone is 1. The number of primary amides is 1. The number of carbonyl (C=O) groups is 1. The molecule has 1 unspecified atom stereocenters. The summed E-state index contributed by atoms with van der Waals surface area (Å²) in [4.78, 5) is 15.7. The predicted octanol–water partition coefficient (Wildman–Crippen LogP) is 1.97. The third-order valence-corrected chi connectivity index (χ3v) is 4.46. The normalized spacial score (nSPS) is 19.6. The molecule has 1 atom stereocenters. The number of nitrogens with one attached hydrogen (secondary N) is 1. The van der Waals surface area contributed by atoms with E-state index in [4.69, 9.17) is 5.73 Å². The van der Waals surface area contributed by atoms with Crippen LogP contribution >= 0.6 is 0 Å².